The average Bonchev–Trinajstić information content (AvgIpc) is 2.91. The molecule has 5 nitrogen and oxygen atoms in total. The van der Waals surface area contributed by atoms with E-state index in [0.717, 1.165) is 19.0 Å². The van der Waals surface area contributed by atoms with E-state index >= 15 is 0 Å². The topological polar surface area (TPSA) is 64.0 Å². The SMILES string of the molecule is O=S(=O)(NCCCCn1ccnc1)c1ccc(Br)cc1F. The van der Waals surface area contributed by atoms with Gasteiger partial charge in [-0.25, -0.2) is 22.5 Å². The van der Waals surface area contributed by atoms with Gasteiger partial charge in [-0.2, -0.15) is 0 Å². The number of sulfonamides is 1. The number of hydrogen-bond acceptors (Lipinski definition) is 3. The molecule has 1 heterocycles. The maximum absolute atomic E-state index is 13.6. The Bertz CT molecular complexity index is 689. The minimum atomic E-state index is -3.81. The molecule has 2 rings (SSSR count). The van der Waals surface area contributed by atoms with Gasteiger partial charge in [0.2, 0.25) is 10.0 Å². The molecular formula is C13H15BrFN3O2S. The first-order chi connectivity index (χ1) is 9.99. The van der Waals surface area contributed by atoms with E-state index in [1.807, 2.05) is 10.8 Å². The summed E-state index contributed by atoms with van der Waals surface area (Å²) in [6.45, 7) is 1.04. The Hall–Kier alpha value is -1.25. The number of nitrogens with zero attached hydrogens (tertiary/aromatic N) is 2. The number of halogens is 2. The van der Waals surface area contributed by atoms with Crippen molar-refractivity contribution in [1.82, 2.24) is 14.3 Å². The van der Waals surface area contributed by atoms with Crippen LogP contribution in [0.3, 0.4) is 0 Å². The standard InChI is InChI=1S/C13H15BrFN3O2S/c14-11-3-4-13(12(15)9-11)21(19,20)17-5-1-2-7-18-8-6-16-10-18/h3-4,6,8-10,17H,1-2,5,7H2. The van der Waals surface area contributed by atoms with Crippen molar-refractivity contribution in [2.75, 3.05) is 6.54 Å². The second-order valence-electron chi connectivity index (χ2n) is 4.48. The molecule has 1 aromatic heterocycles. The fraction of sp³-hybridized carbons (Fsp3) is 0.308. The van der Waals surface area contributed by atoms with Crippen molar-refractivity contribution >= 4 is 26.0 Å². The van der Waals surface area contributed by atoms with Crippen molar-refractivity contribution in [2.24, 2.45) is 0 Å². The minimum absolute atomic E-state index is 0.270. The molecule has 0 atom stereocenters. The normalized spacial score (nSPS) is 11.7. The number of benzene rings is 1. The molecule has 21 heavy (non-hydrogen) atoms. The Morgan fingerprint density at radius 3 is 2.81 bits per heavy atom. The predicted molar refractivity (Wildman–Crippen MR) is 80.7 cm³/mol. The number of imidazole rings is 1. The van der Waals surface area contributed by atoms with E-state index < -0.39 is 15.8 Å². The quantitative estimate of drug-likeness (QED) is 0.756. The second kappa shape index (κ2) is 7.15. The number of aromatic nitrogens is 2. The number of rotatable bonds is 7. The summed E-state index contributed by atoms with van der Waals surface area (Å²) in [6, 6.07) is 3.87. The molecule has 0 saturated heterocycles. The Balaban J connectivity index is 1.84. The molecule has 0 saturated carbocycles. The predicted octanol–water partition coefficient (Wildman–Crippen LogP) is 2.54. The van der Waals surface area contributed by atoms with Crippen molar-refractivity contribution in [2.45, 2.75) is 24.3 Å². The Morgan fingerprint density at radius 2 is 2.14 bits per heavy atom. The Kier molecular flexibility index (Phi) is 5.49. The molecule has 0 bridgehead atoms. The van der Waals surface area contributed by atoms with Gasteiger partial charge in [0.1, 0.15) is 10.7 Å². The van der Waals surface area contributed by atoms with E-state index in [4.69, 9.17) is 0 Å². The van der Waals surface area contributed by atoms with Gasteiger partial charge >= 0.3 is 0 Å². The molecule has 114 valence electrons. The van der Waals surface area contributed by atoms with Crippen LogP contribution in [0.5, 0.6) is 0 Å². The summed E-state index contributed by atoms with van der Waals surface area (Å²) < 4.78 is 42.4. The maximum atomic E-state index is 13.6. The second-order valence-corrected chi connectivity index (χ2v) is 7.13. The molecule has 8 heteroatoms. The van der Waals surface area contributed by atoms with Crippen LogP contribution in [-0.4, -0.2) is 24.5 Å². The van der Waals surface area contributed by atoms with Crippen LogP contribution in [0, 0.1) is 5.82 Å². The van der Waals surface area contributed by atoms with Crippen LogP contribution >= 0.6 is 15.9 Å². The van der Waals surface area contributed by atoms with Crippen molar-refractivity contribution in [3.63, 3.8) is 0 Å². The van der Waals surface area contributed by atoms with Gasteiger partial charge in [-0.1, -0.05) is 15.9 Å². The largest absolute Gasteiger partial charge is 0.337 e. The first-order valence-electron chi connectivity index (χ1n) is 6.39. The zero-order valence-electron chi connectivity index (χ0n) is 11.2. The number of unbranched alkanes of at least 4 members (excludes halogenated alkanes) is 1. The lowest BCUT2D eigenvalue weighted by atomic mass is 10.3. The molecule has 0 aliphatic carbocycles. The number of aryl methyl sites for hydroxylation is 1. The van der Waals surface area contributed by atoms with E-state index in [2.05, 4.69) is 25.6 Å². The highest BCUT2D eigenvalue weighted by Crippen LogP contribution is 2.19. The van der Waals surface area contributed by atoms with Crippen molar-refractivity contribution in [1.29, 1.82) is 0 Å². The lowest BCUT2D eigenvalue weighted by Gasteiger charge is -2.08. The monoisotopic (exact) mass is 375 g/mol. The lowest BCUT2D eigenvalue weighted by Crippen LogP contribution is -2.25. The minimum Gasteiger partial charge on any atom is -0.337 e. The molecule has 0 unspecified atom stereocenters. The van der Waals surface area contributed by atoms with E-state index in [-0.39, 0.29) is 11.4 Å². The van der Waals surface area contributed by atoms with Crippen LogP contribution < -0.4 is 4.72 Å². The van der Waals surface area contributed by atoms with Crippen LogP contribution in [0.1, 0.15) is 12.8 Å². The molecule has 1 N–H and O–H groups in total. The molecule has 0 aliphatic rings. The molecule has 0 amide bonds. The van der Waals surface area contributed by atoms with E-state index in [0.29, 0.717) is 10.9 Å². The van der Waals surface area contributed by atoms with Gasteiger partial charge in [-0.15, -0.1) is 0 Å². The smallest absolute Gasteiger partial charge is 0.243 e. The van der Waals surface area contributed by atoms with E-state index in [1.165, 1.54) is 12.1 Å². The van der Waals surface area contributed by atoms with Crippen LogP contribution in [-0.2, 0) is 16.6 Å². The third kappa shape index (κ3) is 4.62. The highest BCUT2D eigenvalue weighted by Gasteiger charge is 2.18. The summed E-state index contributed by atoms with van der Waals surface area (Å²) in [6.07, 6.45) is 6.72. The number of hydrogen-bond donors (Lipinski definition) is 1. The summed E-state index contributed by atoms with van der Waals surface area (Å²) in [5.41, 5.74) is 0. The van der Waals surface area contributed by atoms with Gasteiger partial charge in [0.15, 0.2) is 0 Å². The average molecular weight is 376 g/mol. The molecule has 0 fully saturated rings. The fourth-order valence-electron chi connectivity index (χ4n) is 1.82. The first-order valence-corrected chi connectivity index (χ1v) is 8.67. The summed E-state index contributed by atoms with van der Waals surface area (Å²) in [4.78, 5) is 3.59. The van der Waals surface area contributed by atoms with Gasteiger partial charge < -0.3 is 4.57 Å². The molecule has 0 aliphatic heterocycles. The highest BCUT2D eigenvalue weighted by molar-refractivity contribution is 9.10. The fourth-order valence-corrected chi connectivity index (χ4v) is 3.28. The molecule has 0 spiro atoms. The molecule has 0 radical (unpaired) electrons. The Labute approximate surface area is 131 Å². The van der Waals surface area contributed by atoms with Gasteiger partial charge in [0.25, 0.3) is 0 Å². The maximum Gasteiger partial charge on any atom is 0.243 e. The van der Waals surface area contributed by atoms with Crippen molar-refractivity contribution in [3.8, 4) is 0 Å². The van der Waals surface area contributed by atoms with Crippen LogP contribution in [0.15, 0.2) is 46.3 Å². The van der Waals surface area contributed by atoms with E-state index in [1.54, 1.807) is 12.5 Å². The molecule has 2 aromatic rings. The van der Waals surface area contributed by atoms with Crippen molar-refractivity contribution < 1.29 is 12.8 Å². The zero-order chi connectivity index (χ0) is 15.3. The third-order valence-corrected chi connectivity index (χ3v) is 4.87. The molecule has 1 aromatic carbocycles. The molecular weight excluding hydrogens is 361 g/mol. The van der Waals surface area contributed by atoms with Gasteiger partial charge in [0.05, 0.1) is 6.33 Å². The highest BCUT2D eigenvalue weighted by atomic mass is 79.9. The zero-order valence-corrected chi connectivity index (χ0v) is 13.6. The summed E-state index contributed by atoms with van der Waals surface area (Å²) >= 11 is 3.09. The van der Waals surface area contributed by atoms with Crippen molar-refractivity contribution in [3.05, 3.63) is 47.2 Å². The van der Waals surface area contributed by atoms with Crippen LogP contribution in [0.4, 0.5) is 4.39 Å². The first kappa shape index (κ1) is 16.1. The Morgan fingerprint density at radius 1 is 1.33 bits per heavy atom. The lowest BCUT2D eigenvalue weighted by molar-refractivity contribution is 0.549. The number of nitrogens with one attached hydrogen (secondary N) is 1. The van der Waals surface area contributed by atoms with Gasteiger partial charge in [-0.05, 0) is 31.0 Å². The summed E-state index contributed by atoms with van der Waals surface area (Å²) in [7, 11) is -3.81. The summed E-state index contributed by atoms with van der Waals surface area (Å²) in [5.74, 6) is -0.768. The van der Waals surface area contributed by atoms with Crippen LogP contribution in [0.25, 0.3) is 0 Å². The van der Waals surface area contributed by atoms with Gasteiger partial charge in [0, 0.05) is 30.0 Å². The summed E-state index contributed by atoms with van der Waals surface area (Å²) in [5, 5.41) is 0. The van der Waals surface area contributed by atoms with Crippen LogP contribution in [0.2, 0.25) is 0 Å². The van der Waals surface area contributed by atoms with Gasteiger partial charge in [-0.3, -0.25) is 0 Å². The van der Waals surface area contributed by atoms with E-state index in [9.17, 15) is 12.8 Å². The third-order valence-electron chi connectivity index (χ3n) is 2.88.